The quantitative estimate of drug-likeness (QED) is 0.291. The number of fused-ring (bicyclic) bond motifs is 1. The lowest BCUT2D eigenvalue weighted by Crippen LogP contribution is -2.26. The van der Waals surface area contributed by atoms with Gasteiger partial charge in [-0.2, -0.15) is 0 Å². The molecule has 0 unspecified atom stereocenters. The molecule has 0 saturated heterocycles. The maximum Gasteiger partial charge on any atom is 0.344 e. The Morgan fingerprint density at radius 1 is 1.00 bits per heavy atom. The number of hydrogen-bond acceptors (Lipinski definition) is 9. The summed E-state index contributed by atoms with van der Waals surface area (Å²) in [6.07, 6.45) is 0. The third-order valence-electron chi connectivity index (χ3n) is 5.24. The number of amides is 1. The van der Waals surface area contributed by atoms with Crippen molar-refractivity contribution in [3.8, 4) is 11.5 Å². The van der Waals surface area contributed by atoms with E-state index in [1.54, 1.807) is 25.3 Å². The molecule has 1 N–H and O–H groups in total. The minimum Gasteiger partial charge on any atom is -0.497 e. The van der Waals surface area contributed by atoms with Crippen LogP contribution in [0.5, 0.6) is 11.5 Å². The maximum atomic E-state index is 13.1. The largest absolute Gasteiger partial charge is 0.497 e. The average Bonchev–Trinajstić information content (AvgIpc) is 3.32. The molecular weight excluding hydrogens is 537 g/mol. The topological polar surface area (TPSA) is 124 Å². The second kappa shape index (κ2) is 11.4. The fourth-order valence-electron chi connectivity index (χ4n) is 3.23. The summed E-state index contributed by atoms with van der Waals surface area (Å²) in [5.41, 5.74) is 1.02. The summed E-state index contributed by atoms with van der Waals surface area (Å²) in [5.74, 6) is -0.910. The number of esters is 1. The maximum absolute atomic E-state index is 13.1. The Morgan fingerprint density at radius 2 is 1.68 bits per heavy atom. The predicted molar refractivity (Wildman–Crippen MR) is 140 cm³/mol. The number of nitrogens with zero attached hydrogens (tertiary/aromatic N) is 2. The predicted octanol–water partition coefficient (Wildman–Crippen LogP) is 3.83. The molecule has 0 bridgehead atoms. The third kappa shape index (κ3) is 6.36. The van der Waals surface area contributed by atoms with E-state index in [4.69, 9.17) is 14.2 Å². The first-order valence-electron chi connectivity index (χ1n) is 11.0. The second-order valence-electron chi connectivity index (χ2n) is 7.77. The molecule has 1 aromatic heterocycles. The van der Waals surface area contributed by atoms with Gasteiger partial charge >= 0.3 is 5.97 Å². The Labute approximate surface area is 221 Å². The lowest BCUT2D eigenvalue weighted by Gasteiger charge is -2.19. The van der Waals surface area contributed by atoms with E-state index in [-0.39, 0.29) is 10.6 Å². The molecule has 0 atom stereocenters. The zero-order valence-electron chi connectivity index (χ0n) is 20.2. The standard InChI is InChI=1S/C25H22FN3O7S2/c1-29(38(32,33)20-10-3-16(26)4-11-20)17-5-7-18(8-6-17)35-15-24(31)36-14-23(30)28-25-27-21-12-9-19(34-2)13-22(21)37-25/h3-13H,14-15H2,1-2H3,(H,27,28,30). The van der Waals surface area contributed by atoms with Gasteiger partial charge in [-0.15, -0.1) is 0 Å². The van der Waals surface area contributed by atoms with Crippen LogP contribution < -0.4 is 19.1 Å². The zero-order chi connectivity index (χ0) is 27.3. The van der Waals surface area contributed by atoms with E-state index in [9.17, 15) is 22.4 Å². The van der Waals surface area contributed by atoms with Crippen molar-refractivity contribution in [2.24, 2.45) is 0 Å². The molecule has 10 nitrogen and oxygen atoms in total. The molecule has 38 heavy (non-hydrogen) atoms. The van der Waals surface area contributed by atoms with Crippen LogP contribution in [0.1, 0.15) is 0 Å². The fourth-order valence-corrected chi connectivity index (χ4v) is 5.33. The molecule has 0 spiro atoms. The van der Waals surface area contributed by atoms with Gasteiger partial charge in [-0.25, -0.2) is 22.6 Å². The van der Waals surface area contributed by atoms with Gasteiger partial charge in [0.15, 0.2) is 18.3 Å². The van der Waals surface area contributed by atoms with Crippen molar-refractivity contribution in [1.82, 2.24) is 4.98 Å². The number of halogens is 1. The summed E-state index contributed by atoms with van der Waals surface area (Å²) in [4.78, 5) is 28.4. The Morgan fingerprint density at radius 3 is 2.37 bits per heavy atom. The molecule has 0 aliphatic rings. The van der Waals surface area contributed by atoms with Gasteiger partial charge in [0.2, 0.25) is 0 Å². The van der Waals surface area contributed by atoms with Crippen LogP contribution in [0.3, 0.4) is 0 Å². The molecule has 0 fully saturated rings. The van der Waals surface area contributed by atoms with E-state index in [1.165, 1.54) is 54.8 Å². The number of aromatic nitrogens is 1. The molecule has 1 amide bonds. The molecule has 3 aromatic carbocycles. The lowest BCUT2D eigenvalue weighted by atomic mass is 10.3. The molecule has 0 saturated carbocycles. The van der Waals surface area contributed by atoms with Gasteiger partial charge in [-0.3, -0.25) is 14.4 Å². The molecule has 13 heteroatoms. The molecular formula is C25H22FN3O7S2. The highest BCUT2D eigenvalue weighted by Crippen LogP contribution is 2.29. The van der Waals surface area contributed by atoms with Crippen LogP contribution in [0.4, 0.5) is 15.2 Å². The molecule has 1 heterocycles. The van der Waals surface area contributed by atoms with Gasteiger partial charge in [0.25, 0.3) is 15.9 Å². The summed E-state index contributed by atoms with van der Waals surface area (Å²) in [6.45, 7) is -0.982. The van der Waals surface area contributed by atoms with Crippen molar-refractivity contribution < 1.29 is 36.6 Å². The van der Waals surface area contributed by atoms with Crippen LogP contribution in [0.15, 0.2) is 71.6 Å². The normalized spacial score (nSPS) is 11.1. The summed E-state index contributed by atoms with van der Waals surface area (Å²) in [5, 5.41) is 2.94. The van der Waals surface area contributed by atoms with Crippen LogP contribution >= 0.6 is 11.3 Å². The highest BCUT2D eigenvalue weighted by Gasteiger charge is 2.21. The lowest BCUT2D eigenvalue weighted by molar-refractivity contribution is -0.149. The number of carbonyl (C=O) groups is 2. The summed E-state index contributed by atoms with van der Waals surface area (Å²) in [7, 11) is -0.972. The van der Waals surface area contributed by atoms with Crippen LogP contribution in [0.2, 0.25) is 0 Å². The zero-order valence-corrected chi connectivity index (χ0v) is 21.8. The highest BCUT2D eigenvalue weighted by atomic mass is 32.2. The second-order valence-corrected chi connectivity index (χ2v) is 10.8. The summed E-state index contributed by atoms with van der Waals surface area (Å²) >= 11 is 1.26. The first-order chi connectivity index (χ1) is 18.2. The van der Waals surface area contributed by atoms with E-state index in [1.807, 2.05) is 0 Å². The van der Waals surface area contributed by atoms with E-state index in [2.05, 4.69) is 10.3 Å². The van der Waals surface area contributed by atoms with Gasteiger partial charge in [0.1, 0.15) is 17.3 Å². The highest BCUT2D eigenvalue weighted by molar-refractivity contribution is 7.92. The van der Waals surface area contributed by atoms with Crippen molar-refractivity contribution in [2.75, 3.05) is 37.0 Å². The Balaban J connectivity index is 1.25. The van der Waals surface area contributed by atoms with Crippen LogP contribution in [0, 0.1) is 5.82 Å². The molecule has 0 aliphatic carbocycles. The number of nitrogens with one attached hydrogen (secondary N) is 1. The smallest absolute Gasteiger partial charge is 0.344 e. The van der Waals surface area contributed by atoms with Gasteiger partial charge in [0, 0.05) is 7.05 Å². The molecule has 198 valence electrons. The van der Waals surface area contributed by atoms with Crippen molar-refractivity contribution in [2.45, 2.75) is 4.90 Å². The van der Waals surface area contributed by atoms with Gasteiger partial charge in [-0.1, -0.05) is 11.3 Å². The number of rotatable bonds is 10. The number of carbonyl (C=O) groups excluding carboxylic acids is 2. The van der Waals surface area contributed by atoms with Crippen molar-refractivity contribution in [3.63, 3.8) is 0 Å². The third-order valence-corrected chi connectivity index (χ3v) is 7.97. The molecule has 4 aromatic rings. The minimum atomic E-state index is -3.89. The number of ether oxygens (including phenoxy) is 3. The van der Waals surface area contributed by atoms with E-state index < -0.39 is 40.9 Å². The van der Waals surface area contributed by atoms with Gasteiger partial charge < -0.3 is 14.2 Å². The fraction of sp³-hybridized carbons (Fsp3) is 0.160. The number of methoxy groups -OCH3 is 1. The molecule has 0 radical (unpaired) electrons. The number of thiazole rings is 1. The number of anilines is 2. The van der Waals surface area contributed by atoms with E-state index >= 15 is 0 Å². The summed E-state index contributed by atoms with van der Waals surface area (Å²) < 4.78 is 55.9. The Kier molecular flexibility index (Phi) is 8.08. The Hall–Kier alpha value is -4.23. The monoisotopic (exact) mass is 559 g/mol. The first-order valence-corrected chi connectivity index (χ1v) is 13.3. The van der Waals surface area contributed by atoms with Crippen molar-refractivity contribution >= 4 is 54.3 Å². The van der Waals surface area contributed by atoms with Crippen LogP contribution in [-0.2, 0) is 24.3 Å². The van der Waals surface area contributed by atoms with Crippen LogP contribution in [-0.4, -0.2) is 52.6 Å². The Bertz CT molecular complexity index is 1560. The van der Waals surface area contributed by atoms with Crippen LogP contribution in [0.25, 0.3) is 10.2 Å². The summed E-state index contributed by atoms with van der Waals surface area (Å²) in [6, 6.07) is 15.8. The first kappa shape index (κ1) is 26.8. The minimum absolute atomic E-state index is 0.0584. The van der Waals surface area contributed by atoms with E-state index in [0.717, 1.165) is 21.1 Å². The van der Waals surface area contributed by atoms with Gasteiger partial charge in [-0.05, 0) is 66.7 Å². The average molecular weight is 560 g/mol. The number of hydrogen-bond donors (Lipinski definition) is 1. The van der Waals surface area contributed by atoms with Gasteiger partial charge in [0.05, 0.1) is 27.9 Å². The van der Waals surface area contributed by atoms with Crippen molar-refractivity contribution in [3.05, 3.63) is 72.5 Å². The number of sulfonamides is 1. The van der Waals surface area contributed by atoms with Crippen molar-refractivity contribution in [1.29, 1.82) is 0 Å². The molecule has 0 aliphatic heterocycles. The number of benzene rings is 3. The molecule has 4 rings (SSSR count). The SMILES string of the molecule is COc1ccc2nc(NC(=O)COC(=O)COc3ccc(N(C)S(=O)(=O)c4ccc(F)cc4)cc3)sc2c1. The van der Waals surface area contributed by atoms with E-state index in [0.29, 0.717) is 22.1 Å².